The zero-order valence-corrected chi connectivity index (χ0v) is 15.2. The number of amides is 2. The first kappa shape index (κ1) is 17.9. The maximum Gasteiger partial charge on any atom is 0.335 e. The van der Waals surface area contributed by atoms with Gasteiger partial charge in [0, 0.05) is 0 Å². The summed E-state index contributed by atoms with van der Waals surface area (Å²) in [4.78, 5) is 38.5. The van der Waals surface area contributed by atoms with Crippen molar-refractivity contribution in [2.75, 3.05) is 4.90 Å². The molecule has 0 aromatic heterocycles. The Labute approximate surface area is 152 Å². The lowest BCUT2D eigenvalue weighted by molar-refractivity contribution is 0.0696. The number of anilines is 1. The van der Waals surface area contributed by atoms with Crippen LogP contribution < -0.4 is 4.90 Å². The number of para-hydroxylation sites is 1. The predicted molar refractivity (Wildman–Crippen MR) is 99.2 cm³/mol. The summed E-state index contributed by atoms with van der Waals surface area (Å²) < 4.78 is 0. The lowest BCUT2D eigenvalue weighted by atomic mass is 9.92. The van der Waals surface area contributed by atoms with E-state index in [-0.39, 0.29) is 28.5 Å². The van der Waals surface area contributed by atoms with Crippen molar-refractivity contribution < 1.29 is 19.5 Å². The van der Waals surface area contributed by atoms with Crippen LogP contribution in [0.1, 0.15) is 81.7 Å². The highest BCUT2D eigenvalue weighted by molar-refractivity contribution is 6.35. The molecule has 0 saturated carbocycles. The largest absolute Gasteiger partial charge is 0.478 e. The molecular weight excluding hydrogens is 330 g/mol. The van der Waals surface area contributed by atoms with Gasteiger partial charge in [0.25, 0.3) is 11.8 Å². The molecule has 1 heterocycles. The van der Waals surface area contributed by atoms with Crippen molar-refractivity contribution in [3.05, 3.63) is 64.2 Å². The smallest absolute Gasteiger partial charge is 0.335 e. The summed E-state index contributed by atoms with van der Waals surface area (Å²) in [6.45, 7) is 8.07. The Balaban J connectivity index is 2.22. The van der Waals surface area contributed by atoms with Crippen LogP contribution in [-0.2, 0) is 0 Å². The fourth-order valence-corrected chi connectivity index (χ4v) is 3.35. The lowest BCUT2D eigenvalue weighted by Crippen LogP contribution is -2.31. The molecule has 0 aliphatic carbocycles. The first-order chi connectivity index (χ1) is 12.2. The second-order valence-electron chi connectivity index (χ2n) is 7.11. The van der Waals surface area contributed by atoms with Crippen molar-refractivity contribution in [1.82, 2.24) is 0 Å². The van der Waals surface area contributed by atoms with E-state index < -0.39 is 17.8 Å². The average Bonchev–Trinajstić information content (AvgIpc) is 2.84. The molecule has 0 atom stereocenters. The van der Waals surface area contributed by atoms with E-state index in [9.17, 15) is 19.5 Å². The van der Waals surface area contributed by atoms with E-state index in [4.69, 9.17) is 0 Å². The molecule has 3 rings (SSSR count). The van der Waals surface area contributed by atoms with Gasteiger partial charge in [-0.25, -0.2) is 9.69 Å². The van der Waals surface area contributed by atoms with Gasteiger partial charge < -0.3 is 5.11 Å². The van der Waals surface area contributed by atoms with Gasteiger partial charge in [0.05, 0.1) is 22.4 Å². The van der Waals surface area contributed by atoms with Gasteiger partial charge in [-0.05, 0) is 41.2 Å². The summed E-state index contributed by atoms with van der Waals surface area (Å²) in [5.41, 5.74) is 2.85. The van der Waals surface area contributed by atoms with Crippen LogP contribution in [0.25, 0.3) is 0 Å². The van der Waals surface area contributed by atoms with E-state index in [2.05, 4.69) is 0 Å². The number of rotatable bonds is 4. The third kappa shape index (κ3) is 2.69. The molecule has 0 spiro atoms. The van der Waals surface area contributed by atoms with E-state index in [1.807, 2.05) is 45.9 Å². The van der Waals surface area contributed by atoms with Crippen LogP contribution >= 0.6 is 0 Å². The van der Waals surface area contributed by atoms with Crippen molar-refractivity contribution >= 4 is 23.5 Å². The van der Waals surface area contributed by atoms with Crippen molar-refractivity contribution in [2.45, 2.75) is 39.5 Å². The molecular formula is C21H21NO4. The zero-order chi connectivity index (χ0) is 19.2. The van der Waals surface area contributed by atoms with E-state index in [1.54, 1.807) is 0 Å². The van der Waals surface area contributed by atoms with Gasteiger partial charge in [-0.3, -0.25) is 9.59 Å². The molecule has 0 fully saturated rings. The molecule has 0 unspecified atom stereocenters. The summed E-state index contributed by atoms with van der Waals surface area (Å²) in [7, 11) is 0. The van der Waals surface area contributed by atoms with E-state index in [1.165, 1.54) is 23.1 Å². The molecule has 5 nitrogen and oxygen atoms in total. The Kier molecular flexibility index (Phi) is 4.40. The van der Waals surface area contributed by atoms with Gasteiger partial charge in [0.2, 0.25) is 0 Å². The number of carbonyl (C=O) groups is 3. The molecule has 134 valence electrons. The molecule has 0 bridgehead atoms. The van der Waals surface area contributed by atoms with Crippen LogP contribution in [0.2, 0.25) is 0 Å². The second-order valence-corrected chi connectivity index (χ2v) is 7.11. The molecule has 2 aromatic carbocycles. The Bertz CT molecular complexity index is 901. The quantitative estimate of drug-likeness (QED) is 0.827. The topological polar surface area (TPSA) is 74.7 Å². The number of hydrogen-bond donors (Lipinski definition) is 1. The molecule has 1 aliphatic heterocycles. The fourth-order valence-electron chi connectivity index (χ4n) is 3.35. The zero-order valence-electron chi connectivity index (χ0n) is 15.2. The van der Waals surface area contributed by atoms with Gasteiger partial charge >= 0.3 is 5.97 Å². The predicted octanol–water partition coefficient (Wildman–Crippen LogP) is 4.43. The highest BCUT2D eigenvalue weighted by atomic mass is 16.4. The minimum absolute atomic E-state index is 0.00650. The fraction of sp³-hybridized carbons (Fsp3) is 0.286. The van der Waals surface area contributed by atoms with E-state index in [0.29, 0.717) is 5.69 Å². The molecule has 1 N–H and O–H groups in total. The van der Waals surface area contributed by atoms with Crippen LogP contribution in [0.15, 0.2) is 36.4 Å². The molecule has 0 saturated heterocycles. The molecule has 26 heavy (non-hydrogen) atoms. The van der Waals surface area contributed by atoms with Crippen molar-refractivity contribution in [3.8, 4) is 0 Å². The number of carboxylic acids is 1. The summed E-state index contributed by atoms with van der Waals surface area (Å²) in [6.07, 6.45) is 0. The highest BCUT2D eigenvalue weighted by Crippen LogP contribution is 2.39. The standard InChI is InChI=1S/C21H21NO4/c1-11(2)14-6-5-7-15(12(3)4)18(14)22-19(23)16-9-8-13(21(25)26)10-17(16)20(22)24/h5-12H,1-4H3,(H,25,26). The molecule has 2 aromatic rings. The number of carbonyl (C=O) groups excluding carboxylic acids is 2. The number of fused-ring (bicyclic) bond motifs is 1. The van der Waals surface area contributed by atoms with E-state index >= 15 is 0 Å². The average molecular weight is 351 g/mol. The summed E-state index contributed by atoms with van der Waals surface area (Å²) in [6, 6.07) is 9.86. The Morgan fingerprint density at radius 1 is 0.885 bits per heavy atom. The maximum atomic E-state index is 13.0. The Morgan fingerprint density at radius 2 is 1.42 bits per heavy atom. The SMILES string of the molecule is CC(C)c1cccc(C(C)C)c1N1C(=O)c2ccc(C(=O)O)cc2C1=O. The van der Waals surface area contributed by atoms with E-state index in [0.717, 1.165) is 11.1 Å². The minimum atomic E-state index is -1.13. The number of carboxylic acid groups (broad SMARTS) is 1. The maximum absolute atomic E-state index is 13.0. The van der Waals surface area contributed by atoms with Crippen LogP contribution in [0, 0.1) is 0 Å². The first-order valence-corrected chi connectivity index (χ1v) is 8.63. The highest BCUT2D eigenvalue weighted by Gasteiger charge is 2.39. The van der Waals surface area contributed by atoms with Crippen molar-refractivity contribution in [2.24, 2.45) is 0 Å². The van der Waals surface area contributed by atoms with Crippen molar-refractivity contribution in [3.63, 3.8) is 0 Å². The molecule has 0 radical (unpaired) electrons. The molecule has 5 heteroatoms. The van der Waals surface area contributed by atoms with Gasteiger partial charge in [0.1, 0.15) is 0 Å². The van der Waals surface area contributed by atoms with Gasteiger partial charge in [-0.1, -0.05) is 45.9 Å². The monoisotopic (exact) mass is 351 g/mol. The summed E-state index contributed by atoms with van der Waals surface area (Å²) >= 11 is 0. The molecule has 2 amide bonds. The van der Waals surface area contributed by atoms with Gasteiger partial charge in [0.15, 0.2) is 0 Å². The van der Waals surface area contributed by atoms with Crippen LogP contribution in [0.5, 0.6) is 0 Å². The Morgan fingerprint density at radius 3 is 1.92 bits per heavy atom. The summed E-state index contributed by atoms with van der Waals surface area (Å²) in [5.74, 6) is -1.75. The number of aromatic carboxylic acids is 1. The van der Waals surface area contributed by atoms with Crippen LogP contribution in [-0.4, -0.2) is 22.9 Å². The number of imide groups is 1. The normalized spacial score (nSPS) is 13.7. The number of nitrogens with zero attached hydrogens (tertiary/aromatic N) is 1. The second kappa shape index (κ2) is 6.41. The Hall–Kier alpha value is -2.95. The van der Waals surface area contributed by atoms with Crippen LogP contribution in [0.4, 0.5) is 5.69 Å². The van der Waals surface area contributed by atoms with Gasteiger partial charge in [-0.2, -0.15) is 0 Å². The van der Waals surface area contributed by atoms with Crippen LogP contribution in [0.3, 0.4) is 0 Å². The first-order valence-electron chi connectivity index (χ1n) is 8.63. The number of benzene rings is 2. The lowest BCUT2D eigenvalue weighted by Gasteiger charge is -2.25. The minimum Gasteiger partial charge on any atom is -0.478 e. The molecule has 1 aliphatic rings. The summed E-state index contributed by atoms with van der Waals surface area (Å²) in [5, 5.41) is 9.18. The number of hydrogen-bond acceptors (Lipinski definition) is 3. The third-order valence-corrected chi connectivity index (χ3v) is 4.70. The van der Waals surface area contributed by atoms with Crippen molar-refractivity contribution in [1.29, 1.82) is 0 Å². The third-order valence-electron chi connectivity index (χ3n) is 4.70. The van der Waals surface area contributed by atoms with Gasteiger partial charge in [-0.15, -0.1) is 0 Å².